The van der Waals surface area contributed by atoms with Crippen molar-refractivity contribution in [3.8, 4) is 5.69 Å². The van der Waals surface area contributed by atoms with E-state index in [1.165, 1.54) is 16.8 Å². The molecule has 0 atom stereocenters. The average Bonchev–Trinajstić information content (AvgIpc) is 3.38. The molecule has 186 valence electrons. The number of amidine groups is 2. The Morgan fingerprint density at radius 1 is 1.17 bits per heavy atom. The largest absolute Gasteiger partial charge is 0.342 e. The zero-order chi connectivity index (χ0) is 25.6. The maximum Gasteiger partial charge on any atom is 0.283 e. The number of amides is 2. The van der Waals surface area contributed by atoms with Gasteiger partial charge in [0.05, 0.1) is 12.0 Å². The number of fused-ring (bicyclic) bond motifs is 1. The second kappa shape index (κ2) is 9.71. The van der Waals surface area contributed by atoms with Crippen LogP contribution in [0.25, 0.3) is 11.8 Å². The van der Waals surface area contributed by atoms with Crippen molar-refractivity contribution < 1.29 is 9.59 Å². The monoisotopic (exact) mass is 522 g/mol. The number of hydrazone groups is 1. The van der Waals surface area contributed by atoms with E-state index in [0.717, 1.165) is 60.6 Å². The van der Waals surface area contributed by atoms with Gasteiger partial charge in [0.2, 0.25) is 11.1 Å². The summed E-state index contributed by atoms with van der Waals surface area (Å²) in [6.45, 7) is 7.54. The van der Waals surface area contributed by atoms with E-state index >= 15 is 0 Å². The highest BCUT2D eigenvalue weighted by atomic mass is 35.5. The van der Waals surface area contributed by atoms with Gasteiger partial charge in [-0.1, -0.05) is 17.7 Å². The van der Waals surface area contributed by atoms with Crippen LogP contribution in [0, 0.1) is 26.2 Å². The Kier molecular flexibility index (Phi) is 6.61. The number of aryl methyl sites for hydroxylation is 2. The Morgan fingerprint density at radius 2 is 1.92 bits per heavy atom. The van der Waals surface area contributed by atoms with Crippen molar-refractivity contribution in [1.29, 1.82) is 5.41 Å². The molecule has 4 heterocycles. The molecule has 3 aliphatic rings. The predicted molar refractivity (Wildman–Crippen MR) is 145 cm³/mol. The molecule has 1 N–H and O–H groups in total. The molecular formula is C26H27ClN6O2S. The van der Waals surface area contributed by atoms with Crippen LogP contribution in [0.5, 0.6) is 0 Å². The van der Waals surface area contributed by atoms with Gasteiger partial charge in [0.15, 0.2) is 5.84 Å². The molecule has 0 aliphatic carbocycles. The van der Waals surface area contributed by atoms with E-state index < -0.39 is 5.91 Å². The van der Waals surface area contributed by atoms with Crippen LogP contribution in [0.3, 0.4) is 0 Å². The molecule has 0 bridgehead atoms. The molecule has 1 saturated heterocycles. The van der Waals surface area contributed by atoms with Crippen LogP contribution in [0.2, 0.25) is 5.02 Å². The third kappa shape index (κ3) is 4.53. The van der Waals surface area contributed by atoms with Crippen molar-refractivity contribution in [1.82, 2.24) is 14.5 Å². The van der Waals surface area contributed by atoms with E-state index in [0.29, 0.717) is 15.2 Å². The fraction of sp³-hybridized carbons (Fsp3) is 0.346. The predicted octanol–water partition coefficient (Wildman–Crippen LogP) is 5.08. The Morgan fingerprint density at radius 3 is 2.67 bits per heavy atom. The molecule has 2 aromatic rings. The van der Waals surface area contributed by atoms with Gasteiger partial charge in [-0.15, -0.1) is 0 Å². The molecule has 0 unspecified atom stereocenters. The van der Waals surface area contributed by atoms with E-state index in [9.17, 15) is 9.59 Å². The second-order valence-electron chi connectivity index (χ2n) is 9.22. The molecule has 1 fully saturated rings. The number of piperidine rings is 1. The van der Waals surface area contributed by atoms with Crippen LogP contribution in [-0.4, -0.2) is 55.4 Å². The fourth-order valence-electron chi connectivity index (χ4n) is 4.77. The summed E-state index contributed by atoms with van der Waals surface area (Å²) < 4.78 is 2.09. The number of nitrogens with zero attached hydrogens (tertiary/aromatic N) is 5. The Bertz CT molecular complexity index is 1380. The minimum Gasteiger partial charge on any atom is -0.342 e. The zero-order valence-electron chi connectivity index (χ0n) is 20.5. The summed E-state index contributed by atoms with van der Waals surface area (Å²) in [5.41, 5.74) is 4.93. The molecule has 1 aromatic carbocycles. The first-order chi connectivity index (χ1) is 17.2. The van der Waals surface area contributed by atoms with Gasteiger partial charge in [-0.05, 0) is 87.2 Å². The van der Waals surface area contributed by atoms with Crippen molar-refractivity contribution >= 4 is 57.3 Å². The van der Waals surface area contributed by atoms with Crippen molar-refractivity contribution in [2.45, 2.75) is 46.5 Å². The lowest BCUT2D eigenvalue weighted by Gasteiger charge is -2.26. The SMILES string of the molecule is Cc1ccc(Cl)cc1-n1c(C)cc(/C=C2\C(=N)N3N=C(CC(=O)N4CCCCC4)SC3=NC2=O)c1C. The van der Waals surface area contributed by atoms with Gasteiger partial charge in [0.1, 0.15) is 5.04 Å². The van der Waals surface area contributed by atoms with Gasteiger partial charge >= 0.3 is 0 Å². The number of aromatic nitrogens is 1. The molecular weight excluding hydrogens is 496 g/mol. The molecule has 1 aromatic heterocycles. The van der Waals surface area contributed by atoms with Gasteiger partial charge in [-0.25, -0.2) is 0 Å². The molecule has 2 amide bonds. The highest BCUT2D eigenvalue weighted by Gasteiger charge is 2.36. The van der Waals surface area contributed by atoms with Crippen molar-refractivity contribution in [3.05, 3.63) is 57.4 Å². The molecule has 8 nitrogen and oxygen atoms in total. The number of hydrogen-bond donors (Lipinski definition) is 1. The van der Waals surface area contributed by atoms with Crippen molar-refractivity contribution in [3.63, 3.8) is 0 Å². The second-order valence-corrected chi connectivity index (χ2v) is 10.7. The number of carbonyl (C=O) groups excluding carboxylic acids is 2. The van der Waals surface area contributed by atoms with Crippen LogP contribution >= 0.6 is 23.4 Å². The van der Waals surface area contributed by atoms with E-state index in [1.54, 1.807) is 6.08 Å². The van der Waals surface area contributed by atoms with Crippen LogP contribution in [0.15, 0.2) is 39.9 Å². The number of nitrogens with one attached hydrogen (secondary N) is 1. The van der Waals surface area contributed by atoms with Crippen molar-refractivity contribution in [2.75, 3.05) is 13.1 Å². The third-order valence-corrected chi connectivity index (χ3v) is 7.83. The van der Waals surface area contributed by atoms with Gasteiger partial charge in [0, 0.05) is 35.2 Å². The average molecular weight is 523 g/mol. The standard InChI is InChI=1S/C26H27ClN6O2S/c1-15-7-8-19(27)13-21(15)32-16(2)11-18(17(32)3)12-20-24(28)33-26(29-25(20)35)36-22(30-33)14-23(34)31-9-5-4-6-10-31/h7-8,11-13,28H,4-6,9-10,14H2,1-3H3/b20-12+,28-24?. The summed E-state index contributed by atoms with van der Waals surface area (Å²) in [7, 11) is 0. The summed E-state index contributed by atoms with van der Waals surface area (Å²) in [5.74, 6) is -0.498. The van der Waals surface area contributed by atoms with E-state index in [4.69, 9.17) is 17.0 Å². The Balaban J connectivity index is 1.41. The molecule has 0 saturated carbocycles. The lowest BCUT2D eigenvalue weighted by atomic mass is 10.1. The number of hydrogen-bond acceptors (Lipinski definition) is 5. The highest BCUT2D eigenvalue weighted by Crippen LogP contribution is 2.32. The summed E-state index contributed by atoms with van der Waals surface area (Å²) in [6, 6.07) is 7.73. The fourth-order valence-corrected chi connectivity index (χ4v) is 5.81. The van der Waals surface area contributed by atoms with Gasteiger partial charge in [0.25, 0.3) is 5.91 Å². The van der Waals surface area contributed by atoms with E-state index in [1.807, 2.05) is 49.9 Å². The number of thioether (sulfide) groups is 1. The van der Waals surface area contributed by atoms with Gasteiger partial charge < -0.3 is 9.47 Å². The first-order valence-corrected chi connectivity index (χ1v) is 13.1. The maximum atomic E-state index is 12.9. The first-order valence-electron chi connectivity index (χ1n) is 12.0. The smallest absolute Gasteiger partial charge is 0.283 e. The van der Waals surface area contributed by atoms with Crippen LogP contribution in [0.4, 0.5) is 0 Å². The lowest BCUT2D eigenvalue weighted by Crippen LogP contribution is -2.36. The van der Waals surface area contributed by atoms with E-state index in [-0.39, 0.29) is 23.7 Å². The number of benzene rings is 1. The van der Waals surface area contributed by atoms with Crippen LogP contribution in [0.1, 0.15) is 48.2 Å². The molecule has 3 aliphatic heterocycles. The quantitative estimate of drug-likeness (QED) is 0.567. The zero-order valence-corrected chi connectivity index (χ0v) is 22.0. The summed E-state index contributed by atoms with van der Waals surface area (Å²) in [5, 5.41) is 16.0. The lowest BCUT2D eigenvalue weighted by molar-refractivity contribution is -0.130. The molecule has 5 rings (SSSR count). The van der Waals surface area contributed by atoms with Gasteiger partial charge in [-0.3, -0.25) is 15.0 Å². The number of likely N-dealkylation sites (tertiary alicyclic amines) is 1. The summed E-state index contributed by atoms with van der Waals surface area (Å²) in [4.78, 5) is 31.6. The summed E-state index contributed by atoms with van der Waals surface area (Å²) >= 11 is 7.44. The number of aliphatic imine (C=N–C) groups is 1. The normalized spacial score (nSPS) is 19.1. The minimum atomic E-state index is -0.485. The summed E-state index contributed by atoms with van der Waals surface area (Å²) in [6.07, 6.45) is 5.05. The van der Waals surface area contributed by atoms with Crippen LogP contribution in [-0.2, 0) is 9.59 Å². The van der Waals surface area contributed by atoms with E-state index in [2.05, 4.69) is 14.7 Å². The maximum absolute atomic E-state index is 12.9. The minimum absolute atomic E-state index is 0.0266. The van der Waals surface area contributed by atoms with Crippen molar-refractivity contribution in [2.24, 2.45) is 10.1 Å². The molecule has 0 spiro atoms. The highest BCUT2D eigenvalue weighted by molar-refractivity contribution is 8.27. The number of halogens is 1. The number of carbonyl (C=O) groups is 2. The molecule has 36 heavy (non-hydrogen) atoms. The molecule has 10 heteroatoms. The van der Waals surface area contributed by atoms with Gasteiger partial charge in [-0.2, -0.15) is 15.1 Å². The van der Waals surface area contributed by atoms with Crippen LogP contribution < -0.4 is 0 Å². The number of rotatable bonds is 4. The molecule has 0 radical (unpaired) electrons. The Hall–Kier alpha value is -3.17. The first kappa shape index (κ1) is 24.5. The third-order valence-electron chi connectivity index (χ3n) is 6.69. The topological polar surface area (TPSA) is 94.1 Å². The Labute approximate surface area is 219 Å².